The number of carbonyl (C=O) groups is 1. The van der Waals surface area contributed by atoms with Gasteiger partial charge in [0.1, 0.15) is 11.5 Å². The van der Waals surface area contributed by atoms with Gasteiger partial charge in [-0.05, 0) is 97.6 Å². The summed E-state index contributed by atoms with van der Waals surface area (Å²) in [5, 5.41) is 9.31. The van der Waals surface area contributed by atoms with E-state index in [4.69, 9.17) is 4.74 Å². The monoisotopic (exact) mass is 493 g/mol. The van der Waals surface area contributed by atoms with Crippen molar-refractivity contribution in [3.8, 4) is 11.5 Å². The van der Waals surface area contributed by atoms with Crippen molar-refractivity contribution in [1.82, 2.24) is 4.72 Å². The van der Waals surface area contributed by atoms with Crippen LogP contribution >= 0.6 is 23.7 Å². The highest BCUT2D eigenvalue weighted by Crippen LogP contribution is 2.32. The normalized spacial score (nSPS) is 11.4. The van der Waals surface area contributed by atoms with Crippen LogP contribution in [0.5, 0.6) is 11.5 Å². The Morgan fingerprint density at radius 2 is 1.58 bits per heavy atom. The first-order valence-corrected chi connectivity index (χ1v) is 11.8. The van der Waals surface area contributed by atoms with E-state index in [1.54, 1.807) is 36.9 Å². The number of alkyl halides is 3. The van der Waals surface area contributed by atoms with Crippen molar-refractivity contribution in [2.24, 2.45) is 0 Å². The third kappa shape index (κ3) is 7.18. The second kappa shape index (κ2) is 11.0. The van der Waals surface area contributed by atoms with Crippen LogP contribution in [0.1, 0.15) is 27.0 Å². The van der Waals surface area contributed by atoms with Crippen LogP contribution in [0.4, 0.5) is 13.2 Å². The van der Waals surface area contributed by atoms with Gasteiger partial charge in [-0.15, -0.1) is 11.8 Å². The third-order valence-corrected chi connectivity index (χ3v) is 6.61. The van der Waals surface area contributed by atoms with Crippen LogP contribution in [0.15, 0.2) is 70.5 Å². The lowest BCUT2D eigenvalue weighted by atomic mass is 10.0. The summed E-state index contributed by atoms with van der Waals surface area (Å²) in [5.41, 5.74) is 1.31. The second-order valence-electron chi connectivity index (χ2n) is 7.16. The lowest BCUT2D eigenvalue weighted by molar-refractivity contribution is -0.137. The maximum atomic E-state index is 12.6. The van der Waals surface area contributed by atoms with E-state index in [9.17, 15) is 23.1 Å². The van der Waals surface area contributed by atoms with Gasteiger partial charge in [0.2, 0.25) is 0 Å². The van der Waals surface area contributed by atoms with Crippen molar-refractivity contribution in [3.05, 3.63) is 82.9 Å². The molecule has 3 rings (SSSR count). The number of ether oxygens (including phenoxy) is 1. The molecule has 33 heavy (non-hydrogen) atoms. The molecule has 0 saturated carbocycles. The van der Waals surface area contributed by atoms with Crippen LogP contribution in [0, 0.1) is 13.8 Å². The lowest BCUT2D eigenvalue weighted by Gasteiger charge is -2.10. The van der Waals surface area contributed by atoms with Crippen LogP contribution in [-0.2, 0) is 6.18 Å². The van der Waals surface area contributed by atoms with Gasteiger partial charge in [-0.25, -0.2) is 4.79 Å². The van der Waals surface area contributed by atoms with Crippen LogP contribution in [0.2, 0.25) is 0 Å². The number of halogens is 3. The number of hydrogen-bond donors (Lipinski definition) is 2. The number of carboxylic acids is 1. The van der Waals surface area contributed by atoms with E-state index in [-0.39, 0.29) is 0 Å². The summed E-state index contributed by atoms with van der Waals surface area (Å²) in [6.45, 7) is 4.40. The molecule has 0 aliphatic rings. The van der Waals surface area contributed by atoms with E-state index >= 15 is 0 Å². The smallest absolute Gasteiger partial charge is 0.416 e. The maximum Gasteiger partial charge on any atom is 0.416 e. The van der Waals surface area contributed by atoms with Crippen molar-refractivity contribution in [1.29, 1.82) is 0 Å². The minimum atomic E-state index is -4.37. The van der Waals surface area contributed by atoms with E-state index in [1.165, 1.54) is 24.1 Å². The Morgan fingerprint density at radius 1 is 0.970 bits per heavy atom. The van der Waals surface area contributed by atoms with Crippen LogP contribution < -0.4 is 9.46 Å². The minimum absolute atomic E-state index is 0.312. The van der Waals surface area contributed by atoms with Gasteiger partial charge >= 0.3 is 12.1 Å². The molecular weight excluding hydrogens is 471 g/mol. The molecule has 0 atom stereocenters. The fourth-order valence-corrected chi connectivity index (χ4v) is 4.59. The molecule has 0 fully saturated rings. The lowest BCUT2D eigenvalue weighted by Crippen LogP contribution is -2.08. The molecule has 0 saturated heterocycles. The standard InChI is InChI=1S/C24H22F3NO3S2/c1-15-13-21(14-22(16(15)2)23(29)30)33-28-11-12-32-20-9-7-19(8-10-20)31-18-5-3-17(4-6-18)24(25,26)27/h3-10,13-14,28H,11-12H2,1-2H3,(H,29,30). The van der Waals surface area contributed by atoms with Gasteiger partial charge in [-0.1, -0.05) is 0 Å². The van der Waals surface area contributed by atoms with E-state index in [0.717, 1.165) is 38.8 Å². The number of rotatable bonds is 9. The largest absolute Gasteiger partial charge is 0.478 e. The Bertz CT molecular complexity index is 1100. The molecule has 0 aromatic heterocycles. The minimum Gasteiger partial charge on any atom is -0.478 e. The quantitative estimate of drug-likeness (QED) is 0.187. The molecule has 0 unspecified atom stereocenters. The van der Waals surface area contributed by atoms with Gasteiger partial charge < -0.3 is 9.84 Å². The Hall–Kier alpha value is -2.62. The van der Waals surface area contributed by atoms with Gasteiger partial charge in [0.25, 0.3) is 0 Å². The zero-order valence-corrected chi connectivity index (χ0v) is 19.5. The summed E-state index contributed by atoms with van der Waals surface area (Å²) < 4.78 is 46.7. The van der Waals surface area contributed by atoms with Gasteiger partial charge in [-0.2, -0.15) is 13.2 Å². The summed E-state index contributed by atoms with van der Waals surface area (Å²) in [6, 6.07) is 15.5. The van der Waals surface area contributed by atoms with Gasteiger partial charge in [0.05, 0.1) is 11.1 Å². The molecule has 9 heteroatoms. The SMILES string of the molecule is Cc1cc(SNCCSc2ccc(Oc3ccc(C(F)(F)F)cc3)cc2)cc(C(=O)O)c1C. The van der Waals surface area contributed by atoms with E-state index in [1.807, 2.05) is 25.1 Å². The predicted molar refractivity (Wildman–Crippen MR) is 125 cm³/mol. The molecule has 0 amide bonds. The fourth-order valence-electron chi connectivity index (χ4n) is 2.90. The number of carboxylic acid groups (broad SMARTS) is 1. The summed E-state index contributed by atoms with van der Waals surface area (Å²) in [5.74, 6) is 0.737. The van der Waals surface area contributed by atoms with Crippen LogP contribution in [-0.4, -0.2) is 23.4 Å². The Morgan fingerprint density at radius 3 is 2.15 bits per heavy atom. The number of thioether (sulfide) groups is 1. The Labute approximate surface area is 198 Å². The van der Waals surface area contributed by atoms with Gasteiger partial charge in [0.15, 0.2) is 0 Å². The molecule has 0 bridgehead atoms. The van der Waals surface area contributed by atoms with Crippen molar-refractivity contribution in [2.45, 2.75) is 29.8 Å². The first kappa shape index (κ1) is 25.0. The number of aromatic carboxylic acids is 1. The van der Waals surface area contributed by atoms with Crippen molar-refractivity contribution >= 4 is 29.7 Å². The third-order valence-electron chi connectivity index (χ3n) is 4.78. The molecular formula is C24H22F3NO3S2. The number of aryl methyl sites for hydroxylation is 1. The van der Waals surface area contributed by atoms with E-state index in [2.05, 4.69) is 4.72 Å². The molecule has 3 aromatic carbocycles. The zero-order valence-electron chi connectivity index (χ0n) is 17.9. The van der Waals surface area contributed by atoms with E-state index in [0.29, 0.717) is 23.6 Å². The van der Waals surface area contributed by atoms with Crippen LogP contribution in [0.3, 0.4) is 0 Å². The molecule has 0 aliphatic carbocycles. The zero-order chi connectivity index (χ0) is 24.0. The average molecular weight is 494 g/mol. The van der Waals surface area contributed by atoms with E-state index < -0.39 is 17.7 Å². The van der Waals surface area contributed by atoms with Gasteiger partial charge in [-0.3, -0.25) is 4.72 Å². The highest BCUT2D eigenvalue weighted by atomic mass is 32.2. The molecule has 3 aromatic rings. The summed E-state index contributed by atoms with van der Waals surface area (Å²) in [6.07, 6.45) is -4.37. The van der Waals surface area contributed by atoms with Crippen molar-refractivity contribution in [3.63, 3.8) is 0 Å². The number of benzene rings is 3. The molecule has 2 N–H and O–H groups in total. The van der Waals surface area contributed by atoms with Crippen molar-refractivity contribution in [2.75, 3.05) is 12.3 Å². The second-order valence-corrected chi connectivity index (χ2v) is 9.29. The number of hydrogen-bond acceptors (Lipinski definition) is 5. The first-order chi connectivity index (χ1) is 15.6. The molecule has 174 valence electrons. The first-order valence-electron chi connectivity index (χ1n) is 9.95. The highest BCUT2D eigenvalue weighted by Gasteiger charge is 2.30. The van der Waals surface area contributed by atoms with Crippen LogP contribution in [0.25, 0.3) is 0 Å². The fraction of sp³-hybridized carbons (Fsp3) is 0.208. The maximum absolute atomic E-state index is 12.6. The van der Waals surface area contributed by atoms with Gasteiger partial charge in [0, 0.05) is 22.1 Å². The predicted octanol–water partition coefficient (Wildman–Crippen LogP) is 7.20. The number of nitrogens with one attached hydrogen (secondary N) is 1. The highest BCUT2D eigenvalue weighted by molar-refractivity contribution is 7.99. The molecule has 0 aliphatic heterocycles. The topological polar surface area (TPSA) is 58.6 Å². The molecule has 4 nitrogen and oxygen atoms in total. The Kier molecular flexibility index (Phi) is 8.34. The molecule has 0 heterocycles. The summed E-state index contributed by atoms with van der Waals surface area (Å²) >= 11 is 3.04. The molecule has 0 spiro atoms. The molecule has 0 radical (unpaired) electrons. The Balaban J connectivity index is 1.44. The van der Waals surface area contributed by atoms with Crippen molar-refractivity contribution < 1.29 is 27.8 Å². The summed E-state index contributed by atoms with van der Waals surface area (Å²) in [7, 11) is 0. The summed E-state index contributed by atoms with van der Waals surface area (Å²) in [4.78, 5) is 13.2. The average Bonchev–Trinajstić information content (AvgIpc) is 2.76.